The minimum atomic E-state index is -0.900. The number of carbonyl (C=O) groups excluding carboxylic acids is 1. The zero-order chi connectivity index (χ0) is 13.8. The minimum Gasteiger partial charge on any atom is -0.494 e. The molecule has 2 N–H and O–H groups in total. The van der Waals surface area contributed by atoms with E-state index < -0.39 is 17.8 Å². The first kappa shape index (κ1) is 13.4. The number of hydrogen-bond acceptors (Lipinski definition) is 3. The Balaban J connectivity index is 1.86. The lowest BCUT2D eigenvalue weighted by atomic mass is 10.2. The second-order valence-corrected chi connectivity index (χ2v) is 4.65. The van der Waals surface area contributed by atoms with Gasteiger partial charge in [-0.15, -0.1) is 0 Å². The molecule has 0 saturated heterocycles. The summed E-state index contributed by atoms with van der Waals surface area (Å²) >= 11 is 0. The van der Waals surface area contributed by atoms with E-state index in [1.165, 1.54) is 0 Å². The Labute approximate surface area is 111 Å². The van der Waals surface area contributed by atoms with Crippen LogP contribution in [0.4, 0.5) is 5.69 Å². The molecule has 1 aliphatic carbocycles. The number of anilines is 1. The van der Waals surface area contributed by atoms with Crippen molar-refractivity contribution in [3.05, 3.63) is 24.3 Å². The van der Waals surface area contributed by atoms with Crippen LogP contribution in [0.2, 0.25) is 0 Å². The molecule has 2 atom stereocenters. The van der Waals surface area contributed by atoms with Gasteiger partial charge in [0.05, 0.1) is 18.4 Å². The minimum absolute atomic E-state index is 0.227. The first-order valence-corrected chi connectivity index (χ1v) is 6.38. The van der Waals surface area contributed by atoms with Gasteiger partial charge in [0.2, 0.25) is 5.91 Å². The van der Waals surface area contributed by atoms with Crippen LogP contribution in [0.25, 0.3) is 0 Å². The van der Waals surface area contributed by atoms with Gasteiger partial charge in [0.15, 0.2) is 0 Å². The van der Waals surface area contributed by atoms with Gasteiger partial charge in [0.1, 0.15) is 5.75 Å². The zero-order valence-corrected chi connectivity index (χ0v) is 10.8. The number of hydrogen-bond donors (Lipinski definition) is 2. The summed E-state index contributed by atoms with van der Waals surface area (Å²) < 4.78 is 5.43. The Kier molecular flexibility index (Phi) is 4.04. The predicted octanol–water partition coefficient (Wildman–Crippen LogP) is 2.13. The Morgan fingerprint density at radius 2 is 2.00 bits per heavy atom. The number of nitrogens with one attached hydrogen (secondary N) is 1. The van der Waals surface area contributed by atoms with E-state index >= 15 is 0 Å². The summed E-state index contributed by atoms with van der Waals surface area (Å²) in [6, 6.07) is 7.07. The van der Waals surface area contributed by atoms with Gasteiger partial charge in [0.25, 0.3) is 0 Å². The Morgan fingerprint density at radius 1 is 1.32 bits per heavy atom. The fourth-order valence-corrected chi connectivity index (χ4v) is 1.85. The lowest BCUT2D eigenvalue weighted by Crippen LogP contribution is -2.16. The molecule has 1 fully saturated rings. The normalized spacial score (nSPS) is 20.7. The van der Waals surface area contributed by atoms with Crippen molar-refractivity contribution in [2.45, 2.75) is 19.8 Å². The van der Waals surface area contributed by atoms with Crippen molar-refractivity contribution in [3.8, 4) is 5.75 Å². The van der Waals surface area contributed by atoms with E-state index in [9.17, 15) is 9.59 Å². The Morgan fingerprint density at radius 3 is 2.53 bits per heavy atom. The quantitative estimate of drug-likeness (QED) is 0.824. The molecule has 0 radical (unpaired) electrons. The van der Waals surface area contributed by atoms with Gasteiger partial charge >= 0.3 is 5.97 Å². The lowest BCUT2D eigenvalue weighted by molar-refractivity contribution is -0.139. The van der Waals surface area contributed by atoms with Crippen LogP contribution in [0.15, 0.2) is 24.3 Å². The smallest absolute Gasteiger partial charge is 0.307 e. The fraction of sp³-hybridized carbons (Fsp3) is 0.429. The molecular formula is C14H17NO4. The Bertz CT molecular complexity index is 469. The third-order valence-corrected chi connectivity index (χ3v) is 3.04. The molecule has 1 aromatic rings. The molecule has 1 amide bonds. The SMILES string of the molecule is CCCOc1ccc(NC(=O)[C@@H]2C[C@@H]2C(=O)O)cc1. The number of benzene rings is 1. The second-order valence-electron chi connectivity index (χ2n) is 4.65. The molecular weight excluding hydrogens is 246 g/mol. The molecule has 19 heavy (non-hydrogen) atoms. The maximum absolute atomic E-state index is 11.7. The number of amides is 1. The summed E-state index contributed by atoms with van der Waals surface area (Å²) in [6.07, 6.45) is 1.37. The molecule has 1 aliphatic rings. The predicted molar refractivity (Wildman–Crippen MR) is 70.1 cm³/mol. The van der Waals surface area contributed by atoms with Crippen molar-refractivity contribution in [2.24, 2.45) is 11.8 Å². The van der Waals surface area contributed by atoms with Crippen LogP contribution in [0.1, 0.15) is 19.8 Å². The van der Waals surface area contributed by atoms with E-state index in [1.54, 1.807) is 24.3 Å². The first-order chi connectivity index (χ1) is 9.11. The lowest BCUT2D eigenvalue weighted by Gasteiger charge is -2.07. The summed E-state index contributed by atoms with van der Waals surface area (Å²) in [5.41, 5.74) is 0.657. The number of ether oxygens (including phenoxy) is 1. The van der Waals surface area contributed by atoms with E-state index in [4.69, 9.17) is 9.84 Å². The van der Waals surface area contributed by atoms with Crippen molar-refractivity contribution in [1.29, 1.82) is 0 Å². The van der Waals surface area contributed by atoms with Gasteiger partial charge in [-0.3, -0.25) is 9.59 Å². The molecule has 102 valence electrons. The van der Waals surface area contributed by atoms with Gasteiger partial charge in [-0.1, -0.05) is 6.92 Å². The van der Waals surface area contributed by atoms with Crippen molar-refractivity contribution in [2.75, 3.05) is 11.9 Å². The number of aliphatic carboxylic acids is 1. The number of carbonyl (C=O) groups is 2. The molecule has 0 aromatic heterocycles. The molecule has 0 heterocycles. The fourth-order valence-electron chi connectivity index (χ4n) is 1.85. The second kappa shape index (κ2) is 5.73. The van der Waals surface area contributed by atoms with Crippen LogP contribution >= 0.6 is 0 Å². The molecule has 1 saturated carbocycles. The standard InChI is InChI=1S/C14H17NO4/c1-2-7-19-10-5-3-9(4-6-10)15-13(16)11-8-12(11)14(17)18/h3-6,11-12H,2,7-8H2,1H3,(H,15,16)(H,17,18)/t11-,12+/m1/s1. The van der Waals surface area contributed by atoms with E-state index in [-0.39, 0.29) is 5.91 Å². The highest BCUT2D eigenvalue weighted by Crippen LogP contribution is 2.39. The van der Waals surface area contributed by atoms with E-state index in [1.807, 2.05) is 6.92 Å². The monoisotopic (exact) mass is 263 g/mol. The van der Waals surface area contributed by atoms with Gasteiger partial charge < -0.3 is 15.2 Å². The van der Waals surface area contributed by atoms with Crippen molar-refractivity contribution in [3.63, 3.8) is 0 Å². The average Bonchev–Trinajstić information content (AvgIpc) is 3.18. The molecule has 0 bridgehead atoms. The van der Waals surface area contributed by atoms with Gasteiger partial charge in [-0.05, 0) is 37.1 Å². The van der Waals surface area contributed by atoms with Gasteiger partial charge in [0, 0.05) is 5.69 Å². The largest absolute Gasteiger partial charge is 0.494 e. The topological polar surface area (TPSA) is 75.6 Å². The van der Waals surface area contributed by atoms with Gasteiger partial charge in [-0.2, -0.15) is 0 Å². The molecule has 1 aromatic carbocycles. The van der Waals surface area contributed by atoms with E-state index in [0.717, 1.165) is 12.2 Å². The van der Waals surface area contributed by atoms with E-state index in [2.05, 4.69) is 5.32 Å². The Hall–Kier alpha value is -2.04. The number of carboxylic acid groups (broad SMARTS) is 1. The molecule has 5 nitrogen and oxygen atoms in total. The third kappa shape index (κ3) is 3.47. The van der Waals surface area contributed by atoms with Crippen LogP contribution in [0.3, 0.4) is 0 Å². The number of carboxylic acids is 1. The van der Waals surface area contributed by atoms with Crippen molar-refractivity contribution < 1.29 is 19.4 Å². The van der Waals surface area contributed by atoms with E-state index in [0.29, 0.717) is 18.7 Å². The maximum atomic E-state index is 11.7. The molecule has 0 aliphatic heterocycles. The first-order valence-electron chi connectivity index (χ1n) is 6.38. The molecule has 0 unspecified atom stereocenters. The average molecular weight is 263 g/mol. The maximum Gasteiger partial charge on any atom is 0.307 e. The van der Waals surface area contributed by atoms with Crippen molar-refractivity contribution in [1.82, 2.24) is 0 Å². The van der Waals surface area contributed by atoms with Crippen LogP contribution in [0.5, 0.6) is 5.75 Å². The highest BCUT2D eigenvalue weighted by molar-refractivity contribution is 5.98. The third-order valence-electron chi connectivity index (χ3n) is 3.04. The highest BCUT2D eigenvalue weighted by atomic mass is 16.5. The summed E-state index contributed by atoms with van der Waals surface area (Å²) in [4.78, 5) is 22.4. The van der Waals surface area contributed by atoms with Crippen molar-refractivity contribution >= 4 is 17.6 Å². The summed E-state index contributed by atoms with van der Waals surface area (Å²) in [5, 5.41) is 11.5. The molecule has 0 spiro atoms. The van der Waals surface area contributed by atoms with Crippen LogP contribution in [-0.2, 0) is 9.59 Å². The summed E-state index contributed by atoms with van der Waals surface area (Å²) in [5.74, 6) is -1.28. The zero-order valence-electron chi connectivity index (χ0n) is 10.8. The molecule has 5 heteroatoms. The summed E-state index contributed by atoms with van der Waals surface area (Å²) in [6.45, 7) is 2.69. The van der Waals surface area contributed by atoms with Crippen LogP contribution in [-0.4, -0.2) is 23.6 Å². The van der Waals surface area contributed by atoms with Crippen LogP contribution in [0, 0.1) is 11.8 Å². The number of rotatable bonds is 6. The molecule has 2 rings (SSSR count). The van der Waals surface area contributed by atoms with Crippen LogP contribution < -0.4 is 10.1 Å². The van der Waals surface area contributed by atoms with Gasteiger partial charge in [-0.25, -0.2) is 0 Å². The highest BCUT2D eigenvalue weighted by Gasteiger charge is 2.48. The summed E-state index contributed by atoms with van der Waals surface area (Å²) in [7, 11) is 0.